The lowest BCUT2D eigenvalue weighted by atomic mass is 10.1. The summed E-state index contributed by atoms with van der Waals surface area (Å²) in [5, 5.41) is 4.86. The number of nitrogens with zero attached hydrogens (tertiary/aromatic N) is 3. The molecule has 2 aromatic carbocycles. The number of fused-ring (bicyclic) bond motifs is 1. The van der Waals surface area contributed by atoms with E-state index in [0.717, 1.165) is 17.6 Å². The van der Waals surface area contributed by atoms with Crippen LogP contribution in [0.1, 0.15) is 32.1 Å². The van der Waals surface area contributed by atoms with Gasteiger partial charge in [0.1, 0.15) is 23.7 Å². The maximum absolute atomic E-state index is 12.9. The molecule has 0 radical (unpaired) electrons. The van der Waals surface area contributed by atoms with Gasteiger partial charge in [0.15, 0.2) is 6.29 Å². The van der Waals surface area contributed by atoms with E-state index in [0.29, 0.717) is 48.2 Å². The summed E-state index contributed by atoms with van der Waals surface area (Å²) in [6.45, 7) is 1.76. The fourth-order valence-electron chi connectivity index (χ4n) is 3.21. The van der Waals surface area contributed by atoms with E-state index in [9.17, 15) is 9.59 Å². The first-order chi connectivity index (χ1) is 13.7. The summed E-state index contributed by atoms with van der Waals surface area (Å²) in [5.41, 5.74) is 2.41. The van der Waals surface area contributed by atoms with Crippen molar-refractivity contribution in [1.29, 1.82) is 0 Å². The van der Waals surface area contributed by atoms with Gasteiger partial charge in [-0.25, -0.2) is 0 Å². The van der Waals surface area contributed by atoms with Gasteiger partial charge in [0.05, 0.1) is 11.6 Å². The van der Waals surface area contributed by atoms with Crippen molar-refractivity contribution < 1.29 is 14.3 Å². The van der Waals surface area contributed by atoms with Crippen LogP contribution in [0.3, 0.4) is 0 Å². The van der Waals surface area contributed by atoms with Crippen molar-refractivity contribution in [3.05, 3.63) is 82.1 Å². The van der Waals surface area contributed by atoms with Crippen molar-refractivity contribution in [3.63, 3.8) is 0 Å². The van der Waals surface area contributed by atoms with Gasteiger partial charge < -0.3 is 9.64 Å². The second kappa shape index (κ2) is 7.86. The lowest BCUT2D eigenvalue weighted by Gasteiger charge is -2.27. The highest BCUT2D eigenvalue weighted by molar-refractivity contribution is 6.33. The molecule has 1 amide bonds. The lowest BCUT2D eigenvalue weighted by molar-refractivity contribution is 0.0683. The zero-order chi connectivity index (χ0) is 19.5. The van der Waals surface area contributed by atoms with Gasteiger partial charge in [0.25, 0.3) is 5.91 Å². The summed E-state index contributed by atoms with van der Waals surface area (Å²) in [5.74, 6) is 0.642. The van der Waals surface area contributed by atoms with E-state index >= 15 is 0 Å². The van der Waals surface area contributed by atoms with Crippen molar-refractivity contribution in [2.24, 2.45) is 0 Å². The van der Waals surface area contributed by atoms with Crippen molar-refractivity contribution in [2.75, 3.05) is 6.54 Å². The SMILES string of the molecule is O=Cc1cccc(CN2CCn3nc(COc4ccccc4)cc3C2=O)c1Cl. The maximum atomic E-state index is 12.9. The van der Waals surface area contributed by atoms with Crippen LogP contribution in [0.15, 0.2) is 54.6 Å². The number of rotatable bonds is 6. The highest BCUT2D eigenvalue weighted by Gasteiger charge is 2.27. The molecule has 0 saturated heterocycles. The van der Waals surface area contributed by atoms with Crippen molar-refractivity contribution in [3.8, 4) is 5.75 Å². The first-order valence-electron chi connectivity index (χ1n) is 8.92. The minimum atomic E-state index is -0.114. The Bertz CT molecular complexity index is 1020. The molecule has 0 aliphatic carbocycles. The van der Waals surface area contributed by atoms with Gasteiger partial charge in [-0.15, -0.1) is 0 Å². The standard InChI is InChI=1S/C21H18ClN3O3/c22-20-15(5-4-6-16(20)13-26)12-24-9-10-25-19(21(24)27)11-17(23-25)14-28-18-7-2-1-3-8-18/h1-8,11,13H,9-10,12,14H2. The first kappa shape index (κ1) is 18.3. The highest BCUT2D eigenvalue weighted by atomic mass is 35.5. The molecule has 0 spiro atoms. The number of carbonyl (C=O) groups is 2. The normalized spacial score (nSPS) is 13.3. The van der Waals surface area contributed by atoms with Gasteiger partial charge in [0.2, 0.25) is 0 Å². The van der Waals surface area contributed by atoms with Gasteiger partial charge in [-0.05, 0) is 23.8 Å². The van der Waals surface area contributed by atoms with Crippen LogP contribution >= 0.6 is 11.6 Å². The number of benzene rings is 2. The van der Waals surface area contributed by atoms with Crippen molar-refractivity contribution in [2.45, 2.75) is 19.7 Å². The molecule has 0 fully saturated rings. The number of aromatic nitrogens is 2. The zero-order valence-corrected chi connectivity index (χ0v) is 15.8. The average molecular weight is 396 g/mol. The summed E-state index contributed by atoms with van der Waals surface area (Å²) < 4.78 is 7.43. The van der Waals surface area contributed by atoms with Crippen molar-refractivity contribution >= 4 is 23.8 Å². The molecule has 7 heteroatoms. The van der Waals surface area contributed by atoms with Crippen LogP contribution in [0.25, 0.3) is 0 Å². The second-order valence-corrected chi connectivity index (χ2v) is 6.89. The highest BCUT2D eigenvalue weighted by Crippen LogP contribution is 2.24. The predicted octanol–water partition coefficient (Wildman–Crippen LogP) is 3.58. The minimum absolute atomic E-state index is 0.114. The molecular formula is C21H18ClN3O3. The number of para-hydroxylation sites is 1. The van der Waals surface area contributed by atoms with Gasteiger partial charge in [-0.3, -0.25) is 14.3 Å². The molecule has 0 N–H and O–H groups in total. The van der Waals surface area contributed by atoms with E-state index < -0.39 is 0 Å². The Balaban J connectivity index is 1.48. The number of hydrogen-bond acceptors (Lipinski definition) is 4. The van der Waals surface area contributed by atoms with E-state index in [1.807, 2.05) is 36.4 Å². The Morgan fingerprint density at radius 1 is 1.11 bits per heavy atom. The molecule has 1 aromatic heterocycles. The monoisotopic (exact) mass is 395 g/mol. The fraction of sp³-hybridized carbons (Fsp3) is 0.190. The average Bonchev–Trinajstić information content (AvgIpc) is 3.15. The van der Waals surface area contributed by atoms with E-state index in [1.54, 1.807) is 27.8 Å². The Labute approximate surface area is 167 Å². The third-order valence-electron chi connectivity index (χ3n) is 4.65. The third kappa shape index (κ3) is 3.64. The first-order valence-corrected chi connectivity index (χ1v) is 9.30. The third-order valence-corrected chi connectivity index (χ3v) is 5.11. The molecule has 4 rings (SSSR count). The van der Waals surface area contributed by atoms with E-state index in [-0.39, 0.29) is 5.91 Å². The molecule has 0 bridgehead atoms. The van der Waals surface area contributed by atoms with E-state index in [2.05, 4.69) is 5.10 Å². The van der Waals surface area contributed by atoms with Gasteiger partial charge in [-0.1, -0.05) is 48.0 Å². The number of carbonyl (C=O) groups excluding carboxylic acids is 2. The minimum Gasteiger partial charge on any atom is -0.487 e. The van der Waals surface area contributed by atoms with E-state index in [1.165, 1.54) is 0 Å². The molecule has 6 nitrogen and oxygen atoms in total. The molecule has 0 saturated carbocycles. The molecule has 3 aromatic rings. The summed E-state index contributed by atoms with van der Waals surface area (Å²) >= 11 is 6.28. The number of aldehydes is 1. The number of halogens is 1. The second-order valence-electron chi connectivity index (χ2n) is 6.51. The van der Waals surface area contributed by atoms with Gasteiger partial charge >= 0.3 is 0 Å². The zero-order valence-electron chi connectivity index (χ0n) is 15.0. The smallest absolute Gasteiger partial charge is 0.272 e. The molecule has 0 atom stereocenters. The van der Waals surface area contributed by atoms with Crippen LogP contribution in [-0.4, -0.2) is 33.4 Å². The summed E-state index contributed by atoms with van der Waals surface area (Å²) in [6, 6.07) is 16.5. The van der Waals surface area contributed by atoms with Crippen LogP contribution in [-0.2, 0) is 19.7 Å². The van der Waals surface area contributed by atoms with Crippen LogP contribution in [0.5, 0.6) is 5.75 Å². The molecule has 1 aliphatic heterocycles. The van der Waals surface area contributed by atoms with E-state index in [4.69, 9.17) is 16.3 Å². The lowest BCUT2D eigenvalue weighted by Crippen LogP contribution is -2.39. The summed E-state index contributed by atoms with van der Waals surface area (Å²) in [7, 11) is 0. The Hall–Kier alpha value is -3.12. The Morgan fingerprint density at radius 3 is 2.71 bits per heavy atom. The number of amides is 1. The molecule has 0 unspecified atom stereocenters. The predicted molar refractivity (Wildman–Crippen MR) is 105 cm³/mol. The van der Waals surface area contributed by atoms with Crippen LogP contribution in [0.2, 0.25) is 5.02 Å². The van der Waals surface area contributed by atoms with Gasteiger partial charge in [-0.2, -0.15) is 5.10 Å². The molecular weight excluding hydrogens is 378 g/mol. The fourth-order valence-corrected chi connectivity index (χ4v) is 3.44. The van der Waals surface area contributed by atoms with Crippen LogP contribution < -0.4 is 4.74 Å². The molecule has 2 heterocycles. The quantitative estimate of drug-likeness (QED) is 0.598. The van der Waals surface area contributed by atoms with Crippen LogP contribution in [0, 0.1) is 0 Å². The molecule has 28 heavy (non-hydrogen) atoms. The number of ether oxygens (including phenoxy) is 1. The largest absolute Gasteiger partial charge is 0.487 e. The maximum Gasteiger partial charge on any atom is 0.272 e. The summed E-state index contributed by atoms with van der Waals surface area (Å²) in [6.07, 6.45) is 0.720. The van der Waals surface area contributed by atoms with Crippen molar-refractivity contribution in [1.82, 2.24) is 14.7 Å². The summed E-state index contributed by atoms with van der Waals surface area (Å²) in [4.78, 5) is 25.7. The molecule has 142 valence electrons. The Morgan fingerprint density at radius 2 is 1.93 bits per heavy atom. The number of hydrogen-bond donors (Lipinski definition) is 0. The van der Waals surface area contributed by atoms with Crippen LogP contribution in [0.4, 0.5) is 0 Å². The topological polar surface area (TPSA) is 64.4 Å². The van der Waals surface area contributed by atoms with Gasteiger partial charge in [0, 0.05) is 18.7 Å². The molecule has 1 aliphatic rings. The Kier molecular flexibility index (Phi) is 5.12.